The summed E-state index contributed by atoms with van der Waals surface area (Å²) >= 11 is 0. The van der Waals surface area contributed by atoms with Crippen molar-refractivity contribution in [2.24, 2.45) is 12.8 Å². The first kappa shape index (κ1) is 16.0. The number of carboxylic acids is 1. The Morgan fingerprint density at radius 3 is 2.48 bits per heavy atom. The second kappa shape index (κ2) is 5.35. The number of nitrogens with zero attached hydrogens (tertiary/aromatic N) is 2. The third-order valence-electron chi connectivity index (χ3n) is 4.82. The Balaban J connectivity index is 2.00. The average molecular weight is 315 g/mol. The first-order chi connectivity index (χ1) is 10.7. The van der Waals surface area contributed by atoms with Crippen LogP contribution in [-0.2, 0) is 31.4 Å². The van der Waals surface area contributed by atoms with Crippen molar-refractivity contribution < 1.29 is 9.90 Å². The molecule has 3 rings (SSSR count). The highest BCUT2D eigenvalue weighted by Crippen LogP contribution is 2.33. The van der Waals surface area contributed by atoms with E-state index in [1.807, 2.05) is 13.2 Å². The molecule has 0 bridgehead atoms. The standard InChI is InChI=1S/C18H25N3O2/c1-18(2,3)21-9-11-5-14-13(6-15(19)17(22)23)8-20(4)16(14)7-12(11)10-21/h5,7-8,15H,6,9-10,19H2,1-4H3,(H,22,23). The monoisotopic (exact) mass is 315 g/mol. The molecule has 5 heteroatoms. The van der Waals surface area contributed by atoms with Gasteiger partial charge in [-0.05, 0) is 49.6 Å². The minimum atomic E-state index is -0.956. The first-order valence-electron chi connectivity index (χ1n) is 8.00. The summed E-state index contributed by atoms with van der Waals surface area (Å²) < 4.78 is 2.07. The second-order valence-corrected chi connectivity index (χ2v) is 7.58. The Kier molecular flexibility index (Phi) is 3.73. The lowest BCUT2D eigenvalue weighted by molar-refractivity contribution is -0.138. The van der Waals surface area contributed by atoms with Crippen LogP contribution in [0.4, 0.5) is 0 Å². The van der Waals surface area contributed by atoms with Gasteiger partial charge in [0.05, 0.1) is 0 Å². The largest absolute Gasteiger partial charge is 0.480 e. The summed E-state index contributed by atoms with van der Waals surface area (Å²) in [6, 6.07) is 3.60. The van der Waals surface area contributed by atoms with Gasteiger partial charge < -0.3 is 15.4 Å². The van der Waals surface area contributed by atoms with Crippen LogP contribution in [0, 0.1) is 0 Å². The molecule has 3 N–H and O–H groups in total. The molecule has 5 nitrogen and oxygen atoms in total. The molecule has 0 saturated carbocycles. The van der Waals surface area contributed by atoms with E-state index < -0.39 is 12.0 Å². The average Bonchev–Trinajstić information content (AvgIpc) is 2.98. The SMILES string of the molecule is Cn1cc(CC(N)C(=O)O)c2cc3c(cc21)CN(C(C)(C)C)C3. The van der Waals surface area contributed by atoms with E-state index in [4.69, 9.17) is 10.8 Å². The van der Waals surface area contributed by atoms with Crippen LogP contribution >= 0.6 is 0 Å². The molecule has 1 aromatic heterocycles. The molecule has 1 atom stereocenters. The summed E-state index contributed by atoms with van der Waals surface area (Å²) in [6.45, 7) is 8.60. The van der Waals surface area contributed by atoms with Gasteiger partial charge in [-0.15, -0.1) is 0 Å². The lowest BCUT2D eigenvalue weighted by atomic mass is 10.0. The highest BCUT2D eigenvalue weighted by atomic mass is 16.4. The number of aromatic nitrogens is 1. The Morgan fingerprint density at radius 2 is 1.91 bits per heavy atom. The van der Waals surface area contributed by atoms with Gasteiger partial charge in [-0.1, -0.05) is 0 Å². The van der Waals surface area contributed by atoms with Gasteiger partial charge >= 0.3 is 5.97 Å². The fraction of sp³-hybridized carbons (Fsp3) is 0.500. The van der Waals surface area contributed by atoms with Crippen molar-refractivity contribution in [2.45, 2.75) is 51.9 Å². The number of aliphatic carboxylic acids is 1. The lowest BCUT2D eigenvalue weighted by Gasteiger charge is -2.31. The van der Waals surface area contributed by atoms with Gasteiger partial charge in [0, 0.05) is 49.2 Å². The molecular weight excluding hydrogens is 290 g/mol. The topological polar surface area (TPSA) is 71.5 Å². The van der Waals surface area contributed by atoms with E-state index >= 15 is 0 Å². The number of benzene rings is 1. The Hall–Kier alpha value is -1.85. The number of aryl methyl sites for hydroxylation is 1. The van der Waals surface area contributed by atoms with E-state index in [2.05, 4.69) is 42.4 Å². The molecule has 1 aliphatic heterocycles. The maximum atomic E-state index is 11.0. The van der Waals surface area contributed by atoms with Crippen LogP contribution in [0.25, 0.3) is 10.9 Å². The summed E-state index contributed by atoms with van der Waals surface area (Å²) in [7, 11) is 2.00. The Bertz CT molecular complexity index is 771. The molecule has 0 amide bonds. The van der Waals surface area contributed by atoms with Crippen molar-refractivity contribution in [3.8, 4) is 0 Å². The first-order valence-corrected chi connectivity index (χ1v) is 8.00. The highest BCUT2D eigenvalue weighted by molar-refractivity contribution is 5.86. The van der Waals surface area contributed by atoms with Crippen molar-refractivity contribution in [3.05, 3.63) is 35.0 Å². The molecular formula is C18H25N3O2. The van der Waals surface area contributed by atoms with E-state index in [9.17, 15) is 4.79 Å². The predicted molar refractivity (Wildman–Crippen MR) is 91.2 cm³/mol. The number of carboxylic acid groups (broad SMARTS) is 1. The number of fused-ring (bicyclic) bond motifs is 2. The van der Waals surface area contributed by atoms with E-state index in [1.165, 1.54) is 11.1 Å². The maximum Gasteiger partial charge on any atom is 0.320 e. The third kappa shape index (κ3) is 2.86. The van der Waals surface area contributed by atoms with Crippen LogP contribution in [0.5, 0.6) is 0 Å². The van der Waals surface area contributed by atoms with Crippen LogP contribution in [0.15, 0.2) is 18.3 Å². The van der Waals surface area contributed by atoms with Crippen LogP contribution in [0.2, 0.25) is 0 Å². The highest BCUT2D eigenvalue weighted by Gasteiger charge is 2.29. The number of hydrogen-bond acceptors (Lipinski definition) is 3. The fourth-order valence-corrected chi connectivity index (χ4v) is 3.32. The molecule has 124 valence electrons. The van der Waals surface area contributed by atoms with Gasteiger partial charge in [-0.25, -0.2) is 0 Å². The summed E-state index contributed by atoms with van der Waals surface area (Å²) in [5.41, 5.74) is 10.7. The van der Waals surface area contributed by atoms with Crippen molar-refractivity contribution in [1.82, 2.24) is 9.47 Å². The van der Waals surface area contributed by atoms with Crippen LogP contribution in [0.3, 0.4) is 0 Å². The predicted octanol–water partition coefficient (Wildman–Crippen LogP) is 2.25. The summed E-state index contributed by atoms with van der Waals surface area (Å²) in [6.07, 6.45) is 2.36. The Morgan fingerprint density at radius 1 is 1.30 bits per heavy atom. The van der Waals surface area contributed by atoms with Crippen LogP contribution in [-0.4, -0.2) is 32.1 Å². The number of hydrogen-bond donors (Lipinski definition) is 2. The quantitative estimate of drug-likeness (QED) is 0.911. The fourth-order valence-electron chi connectivity index (χ4n) is 3.32. The van der Waals surface area contributed by atoms with Crippen molar-refractivity contribution >= 4 is 16.9 Å². The smallest absolute Gasteiger partial charge is 0.320 e. The zero-order chi connectivity index (χ0) is 16.9. The number of carbonyl (C=O) groups is 1. The molecule has 0 radical (unpaired) electrons. The van der Waals surface area contributed by atoms with Gasteiger partial charge in [0.15, 0.2) is 0 Å². The van der Waals surface area contributed by atoms with Gasteiger partial charge in [0.25, 0.3) is 0 Å². The normalized spacial score (nSPS) is 16.7. The molecule has 23 heavy (non-hydrogen) atoms. The van der Waals surface area contributed by atoms with E-state index in [0.717, 1.165) is 29.6 Å². The van der Waals surface area contributed by atoms with Gasteiger partial charge in [0.2, 0.25) is 0 Å². The van der Waals surface area contributed by atoms with Crippen molar-refractivity contribution in [1.29, 1.82) is 0 Å². The molecule has 0 fully saturated rings. The minimum Gasteiger partial charge on any atom is -0.480 e. The zero-order valence-corrected chi connectivity index (χ0v) is 14.3. The third-order valence-corrected chi connectivity index (χ3v) is 4.82. The van der Waals surface area contributed by atoms with E-state index in [1.54, 1.807) is 0 Å². The zero-order valence-electron chi connectivity index (χ0n) is 14.3. The molecule has 1 aliphatic rings. The van der Waals surface area contributed by atoms with Gasteiger partial charge in [-0.3, -0.25) is 9.69 Å². The van der Waals surface area contributed by atoms with Gasteiger partial charge in [-0.2, -0.15) is 0 Å². The van der Waals surface area contributed by atoms with Crippen molar-refractivity contribution in [3.63, 3.8) is 0 Å². The molecule has 1 aromatic carbocycles. The molecule has 0 aliphatic carbocycles. The van der Waals surface area contributed by atoms with Crippen LogP contribution < -0.4 is 5.73 Å². The lowest BCUT2D eigenvalue weighted by Crippen LogP contribution is -2.36. The summed E-state index contributed by atoms with van der Waals surface area (Å²) in [5, 5.41) is 10.2. The maximum absolute atomic E-state index is 11.0. The van der Waals surface area contributed by atoms with E-state index in [0.29, 0.717) is 6.42 Å². The molecule has 0 spiro atoms. The molecule has 0 saturated heterocycles. The van der Waals surface area contributed by atoms with Crippen molar-refractivity contribution in [2.75, 3.05) is 0 Å². The summed E-state index contributed by atoms with van der Waals surface area (Å²) in [5.74, 6) is -0.956. The Labute approximate surface area is 136 Å². The second-order valence-electron chi connectivity index (χ2n) is 7.58. The van der Waals surface area contributed by atoms with Gasteiger partial charge in [0.1, 0.15) is 6.04 Å². The summed E-state index contributed by atoms with van der Waals surface area (Å²) in [4.78, 5) is 13.5. The molecule has 2 heterocycles. The number of nitrogens with two attached hydrogens (primary N) is 1. The molecule has 2 aromatic rings. The van der Waals surface area contributed by atoms with E-state index in [-0.39, 0.29) is 5.54 Å². The molecule has 1 unspecified atom stereocenters. The minimum absolute atomic E-state index is 0.139. The number of rotatable bonds is 3. The van der Waals surface area contributed by atoms with Crippen LogP contribution in [0.1, 0.15) is 37.5 Å².